The maximum absolute atomic E-state index is 11.9. The molecule has 102 valence electrons. The van der Waals surface area contributed by atoms with Crippen LogP contribution in [0.25, 0.3) is 0 Å². The van der Waals surface area contributed by atoms with Crippen LogP contribution in [0.4, 0.5) is 0 Å². The predicted molar refractivity (Wildman–Crippen MR) is 78.5 cm³/mol. The van der Waals surface area contributed by atoms with Crippen molar-refractivity contribution in [3.8, 4) is 0 Å². The van der Waals surface area contributed by atoms with Crippen LogP contribution < -0.4 is 4.72 Å². The van der Waals surface area contributed by atoms with Crippen LogP contribution in [0.2, 0.25) is 5.02 Å². The van der Waals surface area contributed by atoms with Gasteiger partial charge in [0, 0.05) is 10.6 Å². The molecule has 1 aliphatic rings. The number of fused-ring (bicyclic) bond motifs is 1. The first-order valence-electron chi connectivity index (χ1n) is 5.97. The number of rotatable bonds is 2. The van der Waals surface area contributed by atoms with Gasteiger partial charge in [-0.05, 0) is 29.8 Å². The van der Waals surface area contributed by atoms with E-state index in [1.165, 1.54) is 0 Å². The first kappa shape index (κ1) is 13.1. The average molecular weight is 307 g/mol. The molecule has 0 atom stereocenters. The number of benzene rings is 2. The van der Waals surface area contributed by atoms with E-state index in [0.29, 0.717) is 23.0 Å². The molecular formula is C14H11ClN2O2S. The van der Waals surface area contributed by atoms with E-state index in [2.05, 4.69) is 9.71 Å². The van der Waals surface area contributed by atoms with Crippen molar-refractivity contribution in [2.24, 2.45) is 4.99 Å². The fraction of sp³-hybridized carbons (Fsp3) is 0.0714. The molecule has 1 heterocycles. The second kappa shape index (κ2) is 4.92. The van der Waals surface area contributed by atoms with Crippen molar-refractivity contribution in [3.05, 3.63) is 64.7 Å². The summed E-state index contributed by atoms with van der Waals surface area (Å²) in [5, 5.41) is 0.660. The molecule has 3 rings (SSSR count). The van der Waals surface area contributed by atoms with Gasteiger partial charge in [-0.15, -0.1) is 0 Å². The molecule has 0 spiro atoms. The second-order valence-electron chi connectivity index (χ2n) is 4.39. The van der Waals surface area contributed by atoms with E-state index in [1.54, 1.807) is 36.4 Å². The lowest BCUT2D eigenvalue weighted by molar-refractivity contribution is 0.595. The van der Waals surface area contributed by atoms with E-state index in [9.17, 15) is 8.42 Å². The van der Waals surface area contributed by atoms with E-state index >= 15 is 0 Å². The Hall–Kier alpha value is -1.85. The smallest absolute Gasteiger partial charge is 0.263 e. The van der Waals surface area contributed by atoms with Gasteiger partial charge in [-0.1, -0.05) is 35.9 Å². The van der Waals surface area contributed by atoms with Crippen molar-refractivity contribution in [2.75, 3.05) is 0 Å². The van der Waals surface area contributed by atoms with Gasteiger partial charge in [-0.25, -0.2) is 8.42 Å². The van der Waals surface area contributed by atoms with Crippen molar-refractivity contribution in [2.45, 2.75) is 11.4 Å². The Labute approximate surface area is 122 Å². The summed E-state index contributed by atoms with van der Waals surface area (Å²) in [6, 6.07) is 14.1. The zero-order chi connectivity index (χ0) is 14.2. The third kappa shape index (κ3) is 2.42. The Morgan fingerprint density at radius 2 is 1.75 bits per heavy atom. The summed E-state index contributed by atoms with van der Waals surface area (Å²) < 4.78 is 26.3. The Morgan fingerprint density at radius 1 is 1.05 bits per heavy atom. The molecule has 0 bridgehead atoms. The molecule has 6 heteroatoms. The van der Waals surface area contributed by atoms with Crippen molar-refractivity contribution >= 4 is 27.5 Å². The van der Waals surface area contributed by atoms with Crippen LogP contribution in [0.3, 0.4) is 0 Å². The molecule has 0 radical (unpaired) electrons. The Balaban J connectivity index is 1.92. The molecule has 2 aromatic carbocycles. The summed E-state index contributed by atoms with van der Waals surface area (Å²) in [7, 11) is -3.47. The third-order valence-electron chi connectivity index (χ3n) is 3.00. The van der Waals surface area contributed by atoms with E-state index in [0.717, 1.165) is 5.56 Å². The molecule has 0 amide bonds. The second-order valence-corrected chi connectivity index (χ2v) is 6.48. The minimum absolute atomic E-state index is 0.273. The largest absolute Gasteiger partial charge is 0.263 e. The van der Waals surface area contributed by atoms with Crippen molar-refractivity contribution < 1.29 is 8.42 Å². The van der Waals surface area contributed by atoms with Gasteiger partial charge in [-0.3, -0.25) is 9.71 Å². The molecule has 2 aromatic rings. The topological polar surface area (TPSA) is 58.5 Å². The van der Waals surface area contributed by atoms with Crippen molar-refractivity contribution in [3.63, 3.8) is 0 Å². The van der Waals surface area contributed by atoms with E-state index in [4.69, 9.17) is 11.6 Å². The van der Waals surface area contributed by atoms with Crippen LogP contribution in [0, 0.1) is 0 Å². The molecule has 0 fully saturated rings. The highest BCUT2D eigenvalue weighted by Gasteiger charge is 2.29. The molecule has 0 aromatic heterocycles. The van der Waals surface area contributed by atoms with E-state index < -0.39 is 10.0 Å². The lowest BCUT2D eigenvalue weighted by Gasteiger charge is -2.00. The summed E-state index contributed by atoms with van der Waals surface area (Å²) in [4.78, 5) is 4.62. The summed E-state index contributed by atoms with van der Waals surface area (Å²) in [6.07, 6.45) is 0. The average Bonchev–Trinajstić information content (AvgIpc) is 2.70. The van der Waals surface area contributed by atoms with Crippen LogP contribution in [0.1, 0.15) is 11.1 Å². The minimum Gasteiger partial charge on any atom is -0.263 e. The normalized spacial score (nSPS) is 17.8. The number of sulfonamides is 1. The third-order valence-corrected chi connectivity index (χ3v) is 4.64. The maximum atomic E-state index is 11.9. The van der Waals surface area contributed by atoms with E-state index in [1.807, 2.05) is 12.1 Å². The van der Waals surface area contributed by atoms with Crippen LogP contribution in [-0.2, 0) is 16.6 Å². The fourth-order valence-electron chi connectivity index (χ4n) is 2.01. The fourth-order valence-corrected chi connectivity index (χ4v) is 3.39. The number of nitrogens with zero attached hydrogens (tertiary/aromatic N) is 1. The summed E-state index contributed by atoms with van der Waals surface area (Å²) >= 11 is 5.82. The Bertz CT molecular complexity index is 783. The van der Waals surface area contributed by atoms with Gasteiger partial charge in [0.15, 0.2) is 0 Å². The summed E-state index contributed by atoms with van der Waals surface area (Å²) in [5.74, 6) is 0.385. The van der Waals surface area contributed by atoms with Gasteiger partial charge >= 0.3 is 0 Å². The molecule has 0 saturated carbocycles. The van der Waals surface area contributed by atoms with Gasteiger partial charge in [0.1, 0.15) is 5.84 Å². The SMILES string of the molecule is O=S1(=O)NC(=NCc2ccc(Cl)cc2)c2ccccc21. The van der Waals surface area contributed by atoms with Crippen LogP contribution >= 0.6 is 11.6 Å². The molecule has 0 aliphatic carbocycles. The zero-order valence-electron chi connectivity index (χ0n) is 10.4. The number of hydrogen-bond acceptors (Lipinski definition) is 3. The molecule has 1 aliphatic heterocycles. The number of aliphatic imine (C=N–C) groups is 1. The van der Waals surface area contributed by atoms with Crippen LogP contribution in [-0.4, -0.2) is 14.3 Å². The van der Waals surface area contributed by atoms with Gasteiger partial charge in [0.2, 0.25) is 0 Å². The monoisotopic (exact) mass is 306 g/mol. The van der Waals surface area contributed by atoms with Gasteiger partial charge in [0.25, 0.3) is 10.0 Å². The lowest BCUT2D eigenvalue weighted by Crippen LogP contribution is -2.22. The zero-order valence-corrected chi connectivity index (χ0v) is 11.9. The number of amidine groups is 1. The Kier molecular flexibility index (Phi) is 3.23. The molecule has 20 heavy (non-hydrogen) atoms. The first-order chi connectivity index (χ1) is 9.56. The van der Waals surface area contributed by atoms with Gasteiger partial charge < -0.3 is 0 Å². The highest BCUT2D eigenvalue weighted by Crippen LogP contribution is 2.22. The van der Waals surface area contributed by atoms with E-state index in [-0.39, 0.29) is 4.90 Å². The van der Waals surface area contributed by atoms with Gasteiger partial charge in [-0.2, -0.15) is 0 Å². The first-order valence-corrected chi connectivity index (χ1v) is 7.83. The highest BCUT2D eigenvalue weighted by atomic mass is 35.5. The molecule has 0 unspecified atom stereocenters. The highest BCUT2D eigenvalue weighted by molar-refractivity contribution is 7.90. The Morgan fingerprint density at radius 3 is 2.50 bits per heavy atom. The summed E-state index contributed by atoms with van der Waals surface area (Å²) in [6.45, 7) is 0.392. The van der Waals surface area contributed by atoms with Crippen molar-refractivity contribution in [1.82, 2.24) is 4.72 Å². The molecular weight excluding hydrogens is 296 g/mol. The van der Waals surface area contributed by atoms with Gasteiger partial charge in [0.05, 0.1) is 11.4 Å². The molecule has 0 saturated heterocycles. The molecule has 1 N–H and O–H groups in total. The van der Waals surface area contributed by atoms with Crippen LogP contribution in [0.5, 0.6) is 0 Å². The maximum Gasteiger partial charge on any atom is 0.263 e. The number of hydrogen-bond donors (Lipinski definition) is 1. The quantitative estimate of drug-likeness (QED) is 0.927. The molecule has 4 nitrogen and oxygen atoms in total. The van der Waals surface area contributed by atoms with Crippen molar-refractivity contribution in [1.29, 1.82) is 0 Å². The minimum atomic E-state index is -3.47. The standard InChI is InChI=1S/C14H11ClN2O2S/c15-11-7-5-10(6-8-11)9-16-14-12-3-1-2-4-13(12)20(18,19)17-14/h1-8H,9H2,(H,16,17). The lowest BCUT2D eigenvalue weighted by atomic mass is 10.2. The van der Waals surface area contributed by atoms with Crippen LogP contribution in [0.15, 0.2) is 58.4 Å². The number of nitrogens with one attached hydrogen (secondary N) is 1. The predicted octanol–water partition coefficient (Wildman–Crippen LogP) is 2.58. The summed E-state index contributed by atoms with van der Waals surface area (Å²) in [5.41, 5.74) is 1.58. The number of halogens is 1.